The molecular weight excluding hydrogens is 416 g/mol. The van der Waals surface area contributed by atoms with Crippen molar-refractivity contribution in [1.29, 1.82) is 0 Å². The van der Waals surface area contributed by atoms with Gasteiger partial charge in [-0.25, -0.2) is 8.42 Å². The molecule has 0 saturated heterocycles. The van der Waals surface area contributed by atoms with Crippen LogP contribution in [0.1, 0.15) is 48.9 Å². The van der Waals surface area contributed by atoms with Crippen molar-refractivity contribution < 1.29 is 13.2 Å². The predicted molar refractivity (Wildman–Crippen MR) is 125 cm³/mol. The number of nitrogens with one attached hydrogen (secondary N) is 1. The minimum absolute atomic E-state index is 0.135. The third-order valence-electron chi connectivity index (χ3n) is 5.55. The number of thioether (sulfide) groups is 1. The van der Waals surface area contributed by atoms with E-state index in [1.54, 1.807) is 18.2 Å². The van der Waals surface area contributed by atoms with Gasteiger partial charge in [0.1, 0.15) is 6.54 Å². The van der Waals surface area contributed by atoms with Gasteiger partial charge in [0.15, 0.2) is 0 Å². The number of benzene rings is 2. The van der Waals surface area contributed by atoms with Crippen molar-refractivity contribution >= 4 is 33.4 Å². The highest BCUT2D eigenvalue weighted by molar-refractivity contribution is 7.98. The minimum Gasteiger partial charge on any atom is -0.348 e. The van der Waals surface area contributed by atoms with Gasteiger partial charge in [-0.15, -0.1) is 11.8 Å². The summed E-state index contributed by atoms with van der Waals surface area (Å²) >= 11 is 1.53. The van der Waals surface area contributed by atoms with Crippen molar-refractivity contribution in [2.24, 2.45) is 0 Å². The zero-order valence-electron chi connectivity index (χ0n) is 17.8. The van der Waals surface area contributed by atoms with Gasteiger partial charge in [0.05, 0.1) is 18.0 Å². The summed E-state index contributed by atoms with van der Waals surface area (Å²) in [4.78, 5) is 13.8. The quantitative estimate of drug-likeness (QED) is 0.613. The summed E-state index contributed by atoms with van der Waals surface area (Å²) in [6.07, 6.45) is 8.45. The number of hydrogen-bond donors (Lipinski definition) is 1. The number of fused-ring (bicyclic) bond motifs is 1. The molecule has 0 heterocycles. The van der Waals surface area contributed by atoms with E-state index in [1.807, 2.05) is 19.2 Å². The second kappa shape index (κ2) is 9.88. The van der Waals surface area contributed by atoms with Gasteiger partial charge in [0.2, 0.25) is 15.9 Å². The Morgan fingerprint density at radius 2 is 1.87 bits per heavy atom. The lowest BCUT2D eigenvalue weighted by Gasteiger charge is -2.25. The van der Waals surface area contributed by atoms with Crippen LogP contribution >= 0.6 is 11.8 Å². The van der Waals surface area contributed by atoms with Gasteiger partial charge in [0.25, 0.3) is 0 Å². The van der Waals surface area contributed by atoms with Gasteiger partial charge in [-0.3, -0.25) is 9.10 Å². The molecule has 0 unspecified atom stereocenters. The number of nitrogens with zero attached hydrogens (tertiary/aromatic N) is 1. The summed E-state index contributed by atoms with van der Waals surface area (Å²) in [6.45, 7) is 1.79. The van der Waals surface area contributed by atoms with Crippen molar-refractivity contribution in [3.8, 4) is 0 Å². The molecule has 1 amide bonds. The van der Waals surface area contributed by atoms with Crippen LogP contribution in [0.2, 0.25) is 0 Å². The summed E-state index contributed by atoms with van der Waals surface area (Å²) in [7, 11) is -3.59. The first-order valence-corrected chi connectivity index (χ1v) is 13.4. The highest BCUT2D eigenvalue weighted by atomic mass is 32.2. The Labute approximate surface area is 184 Å². The fourth-order valence-corrected chi connectivity index (χ4v) is 5.23. The van der Waals surface area contributed by atoms with Crippen molar-refractivity contribution in [1.82, 2.24) is 5.32 Å². The van der Waals surface area contributed by atoms with Crippen LogP contribution in [-0.2, 0) is 27.7 Å². The molecule has 0 saturated carbocycles. The Balaban J connectivity index is 1.77. The van der Waals surface area contributed by atoms with E-state index in [1.165, 1.54) is 40.0 Å². The maximum Gasteiger partial charge on any atom is 0.241 e. The zero-order chi connectivity index (χ0) is 21.7. The summed E-state index contributed by atoms with van der Waals surface area (Å²) < 4.78 is 26.0. The molecule has 5 nitrogen and oxygen atoms in total. The second-order valence-corrected chi connectivity index (χ2v) is 10.5. The average Bonchev–Trinajstić information content (AvgIpc) is 2.74. The largest absolute Gasteiger partial charge is 0.348 e. The van der Waals surface area contributed by atoms with E-state index in [0.717, 1.165) is 36.0 Å². The molecule has 1 aliphatic rings. The molecule has 1 N–H and O–H groups in total. The van der Waals surface area contributed by atoms with Crippen LogP contribution in [0.5, 0.6) is 0 Å². The number of aryl methyl sites for hydroxylation is 2. The number of sulfonamides is 1. The van der Waals surface area contributed by atoms with E-state index < -0.39 is 10.0 Å². The molecule has 3 rings (SSSR count). The molecule has 1 atom stereocenters. The predicted octanol–water partition coefficient (Wildman–Crippen LogP) is 4.32. The molecule has 0 aliphatic heterocycles. The monoisotopic (exact) mass is 446 g/mol. The Bertz CT molecular complexity index is 1010. The SMILES string of the molecule is CC[C@@H](NC(=O)CN(c1cccc(SC)c1)S(C)(=O)=O)c1ccc2c(c1)CCCC2. The van der Waals surface area contributed by atoms with E-state index in [-0.39, 0.29) is 18.5 Å². The van der Waals surface area contributed by atoms with Gasteiger partial charge in [-0.05, 0) is 73.2 Å². The average molecular weight is 447 g/mol. The van der Waals surface area contributed by atoms with Crippen LogP contribution in [-0.4, -0.2) is 33.4 Å². The number of hydrogen-bond acceptors (Lipinski definition) is 4. The highest BCUT2D eigenvalue weighted by Crippen LogP contribution is 2.27. The Hall–Kier alpha value is -1.99. The number of amides is 1. The number of carbonyl (C=O) groups excluding carboxylic acids is 1. The van der Waals surface area contributed by atoms with Crippen molar-refractivity contribution in [2.75, 3.05) is 23.4 Å². The maximum atomic E-state index is 12.8. The molecule has 1 aliphatic carbocycles. The van der Waals surface area contributed by atoms with E-state index in [4.69, 9.17) is 0 Å². The van der Waals surface area contributed by atoms with Gasteiger partial charge in [-0.2, -0.15) is 0 Å². The summed E-state index contributed by atoms with van der Waals surface area (Å²) in [5.41, 5.74) is 4.37. The van der Waals surface area contributed by atoms with Gasteiger partial charge < -0.3 is 5.32 Å². The lowest BCUT2D eigenvalue weighted by molar-refractivity contribution is -0.120. The van der Waals surface area contributed by atoms with Crippen molar-refractivity contribution in [2.45, 2.75) is 50.0 Å². The minimum atomic E-state index is -3.59. The molecule has 7 heteroatoms. The molecule has 0 bridgehead atoms. The lowest BCUT2D eigenvalue weighted by Crippen LogP contribution is -2.41. The van der Waals surface area contributed by atoms with E-state index >= 15 is 0 Å². The Kier molecular flexibility index (Phi) is 7.47. The summed E-state index contributed by atoms with van der Waals surface area (Å²) in [5, 5.41) is 3.04. The highest BCUT2D eigenvalue weighted by Gasteiger charge is 2.23. The number of rotatable bonds is 8. The third-order valence-corrected chi connectivity index (χ3v) is 7.41. The first kappa shape index (κ1) is 22.7. The molecule has 0 fully saturated rings. The molecule has 0 radical (unpaired) electrons. The Morgan fingerprint density at radius 1 is 1.13 bits per heavy atom. The fraction of sp³-hybridized carbons (Fsp3) is 0.435. The first-order valence-electron chi connectivity index (χ1n) is 10.3. The van der Waals surface area contributed by atoms with Crippen LogP contribution in [0.4, 0.5) is 5.69 Å². The number of carbonyl (C=O) groups is 1. The third kappa shape index (κ3) is 5.58. The van der Waals surface area contributed by atoms with Crippen LogP contribution in [0.25, 0.3) is 0 Å². The van der Waals surface area contributed by atoms with E-state index in [2.05, 4.69) is 23.5 Å². The van der Waals surface area contributed by atoms with Crippen molar-refractivity contribution in [3.05, 3.63) is 59.2 Å². The van der Waals surface area contributed by atoms with Crippen LogP contribution < -0.4 is 9.62 Å². The molecule has 2 aromatic rings. The zero-order valence-corrected chi connectivity index (χ0v) is 19.5. The summed E-state index contributed by atoms with van der Waals surface area (Å²) in [6, 6.07) is 13.6. The normalized spacial score (nSPS) is 14.6. The molecular formula is C23H30N2O3S2. The van der Waals surface area contributed by atoms with E-state index in [0.29, 0.717) is 5.69 Å². The molecule has 162 valence electrons. The topological polar surface area (TPSA) is 66.5 Å². The van der Waals surface area contributed by atoms with Crippen LogP contribution in [0, 0.1) is 0 Å². The maximum absolute atomic E-state index is 12.8. The van der Waals surface area contributed by atoms with Crippen LogP contribution in [0.15, 0.2) is 47.4 Å². The van der Waals surface area contributed by atoms with Gasteiger partial charge in [-0.1, -0.05) is 31.2 Å². The fourth-order valence-electron chi connectivity index (χ4n) is 3.93. The van der Waals surface area contributed by atoms with Gasteiger partial charge in [0, 0.05) is 4.90 Å². The second-order valence-electron chi connectivity index (χ2n) is 7.73. The lowest BCUT2D eigenvalue weighted by atomic mass is 9.89. The van der Waals surface area contributed by atoms with Crippen LogP contribution in [0.3, 0.4) is 0 Å². The van der Waals surface area contributed by atoms with Crippen molar-refractivity contribution in [3.63, 3.8) is 0 Å². The summed E-state index contributed by atoms with van der Waals surface area (Å²) in [5.74, 6) is -0.306. The molecule has 2 aromatic carbocycles. The smallest absolute Gasteiger partial charge is 0.241 e. The van der Waals surface area contributed by atoms with E-state index in [9.17, 15) is 13.2 Å². The molecule has 0 aromatic heterocycles. The standard InChI is InChI=1S/C23H30N2O3S2/c1-4-22(19-13-12-17-8-5-6-9-18(17)14-19)24-23(26)16-25(30(3,27)28)20-10-7-11-21(15-20)29-2/h7,10-15,22H,4-6,8-9,16H2,1-3H3,(H,24,26)/t22-/m1/s1. The first-order chi connectivity index (χ1) is 14.3. The molecule has 0 spiro atoms. The van der Waals surface area contributed by atoms with Gasteiger partial charge >= 0.3 is 0 Å². The molecule has 30 heavy (non-hydrogen) atoms. The number of anilines is 1. The Morgan fingerprint density at radius 3 is 2.53 bits per heavy atom.